The van der Waals surface area contributed by atoms with Crippen LogP contribution in [0.3, 0.4) is 0 Å². The minimum absolute atomic E-state index is 0.0521. The number of ether oxygens (including phenoxy) is 2. The van der Waals surface area contributed by atoms with E-state index in [0.29, 0.717) is 0 Å². The molecular formula is C7H13NO3. The Bertz CT molecular complexity index is 132. The van der Waals surface area contributed by atoms with Gasteiger partial charge in [-0.25, -0.2) is 4.79 Å². The van der Waals surface area contributed by atoms with Crippen molar-refractivity contribution in [3.63, 3.8) is 0 Å². The van der Waals surface area contributed by atoms with E-state index >= 15 is 0 Å². The van der Waals surface area contributed by atoms with Crippen LogP contribution in [0, 0.1) is 0 Å². The van der Waals surface area contributed by atoms with Crippen molar-refractivity contribution in [2.75, 3.05) is 26.8 Å². The number of carbonyl (C=O) groups excluding carboxylic acids is 1. The standard InChI is InChI=1S/C7H13NO3/c1-10-5-7(9)11-6-2-3-8-4-6/h6,8H,2-5H2,1H3/t6-/m1/s1. The van der Waals surface area contributed by atoms with Crippen LogP contribution in [-0.2, 0) is 14.3 Å². The molecule has 0 aromatic carbocycles. The molecule has 0 unspecified atom stereocenters. The summed E-state index contributed by atoms with van der Waals surface area (Å²) in [6.07, 6.45) is 0.966. The lowest BCUT2D eigenvalue weighted by molar-refractivity contribution is -0.152. The van der Waals surface area contributed by atoms with Crippen LogP contribution in [0.5, 0.6) is 0 Å². The fourth-order valence-electron chi connectivity index (χ4n) is 1.07. The van der Waals surface area contributed by atoms with Crippen molar-refractivity contribution < 1.29 is 14.3 Å². The predicted molar refractivity (Wildman–Crippen MR) is 39.2 cm³/mol. The highest BCUT2D eigenvalue weighted by molar-refractivity contribution is 5.70. The van der Waals surface area contributed by atoms with Gasteiger partial charge < -0.3 is 14.8 Å². The summed E-state index contributed by atoms with van der Waals surface area (Å²) < 4.78 is 9.64. The molecule has 1 saturated heterocycles. The Kier molecular flexibility index (Phi) is 3.32. The first kappa shape index (κ1) is 8.49. The van der Waals surface area contributed by atoms with Crippen LogP contribution in [0.1, 0.15) is 6.42 Å². The summed E-state index contributed by atoms with van der Waals surface area (Å²) >= 11 is 0. The van der Waals surface area contributed by atoms with Gasteiger partial charge in [0.1, 0.15) is 12.7 Å². The van der Waals surface area contributed by atoms with E-state index in [1.165, 1.54) is 7.11 Å². The minimum atomic E-state index is -0.277. The average Bonchev–Trinajstić information content (AvgIpc) is 2.40. The first-order chi connectivity index (χ1) is 5.33. The second-order valence-corrected chi connectivity index (χ2v) is 2.54. The van der Waals surface area contributed by atoms with Crippen molar-refractivity contribution in [2.45, 2.75) is 12.5 Å². The average molecular weight is 159 g/mol. The monoisotopic (exact) mass is 159 g/mol. The van der Waals surface area contributed by atoms with E-state index in [1.54, 1.807) is 0 Å². The van der Waals surface area contributed by atoms with Crippen LogP contribution in [0.4, 0.5) is 0 Å². The molecule has 1 aliphatic heterocycles. The molecule has 64 valence electrons. The Morgan fingerprint density at radius 3 is 3.09 bits per heavy atom. The Morgan fingerprint density at radius 1 is 1.73 bits per heavy atom. The number of methoxy groups -OCH3 is 1. The molecule has 0 bridgehead atoms. The molecule has 0 aromatic heterocycles. The van der Waals surface area contributed by atoms with Gasteiger partial charge in [0.2, 0.25) is 0 Å². The van der Waals surface area contributed by atoms with Crippen LogP contribution in [0.15, 0.2) is 0 Å². The van der Waals surface area contributed by atoms with Gasteiger partial charge in [0.25, 0.3) is 0 Å². The smallest absolute Gasteiger partial charge is 0.332 e. The molecule has 0 amide bonds. The number of nitrogens with one attached hydrogen (secondary N) is 1. The van der Waals surface area contributed by atoms with Crippen molar-refractivity contribution in [2.24, 2.45) is 0 Å². The number of hydrogen-bond acceptors (Lipinski definition) is 4. The van der Waals surface area contributed by atoms with Gasteiger partial charge >= 0.3 is 5.97 Å². The summed E-state index contributed by atoms with van der Waals surface area (Å²) in [7, 11) is 1.48. The van der Waals surface area contributed by atoms with Gasteiger partial charge in [-0.3, -0.25) is 0 Å². The van der Waals surface area contributed by atoms with E-state index in [2.05, 4.69) is 10.1 Å². The molecule has 1 aliphatic rings. The van der Waals surface area contributed by atoms with Crippen molar-refractivity contribution in [1.29, 1.82) is 0 Å². The van der Waals surface area contributed by atoms with Crippen LogP contribution in [0.25, 0.3) is 0 Å². The first-order valence-corrected chi connectivity index (χ1v) is 3.72. The molecule has 1 atom stereocenters. The minimum Gasteiger partial charge on any atom is -0.459 e. The highest BCUT2D eigenvalue weighted by Gasteiger charge is 2.17. The van der Waals surface area contributed by atoms with E-state index in [0.717, 1.165) is 19.5 Å². The topological polar surface area (TPSA) is 47.6 Å². The third kappa shape index (κ3) is 2.86. The van der Waals surface area contributed by atoms with Gasteiger partial charge in [0.15, 0.2) is 0 Å². The van der Waals surface area contributed by atoms with Gasteiger partial charge in [-0.05, 0) is 13.0 Å². The van der Waals surface area contributed by atoms with Crippen molar-refractivity contribution in [1.82, 2.24) is 5.32 Å². The molecule has 1 rings (SSSR count). The van der Waals surface area contributed by atoms with Crippen molar-refractivity contribution >= 4 is 5.97 Å². The molecule has 0 aliphatic carbocycles. The Balaban J connectivity index is 2.13. The van der Waals surface area contributed by atoms with Crippen LogP contribution >= 0.6 is 0 Å². The van der Waals surface area contributed by atoms with Gasteiger partial charge in [-0.2, -0.15) is 0 Å². The maximum Gasteiger partial charge on any atom is 0.332 e. The van der Waals surface area contributed by atoms with E-state index in [9.17, 15) is 4.79 Å². The van der Waals surface area contributed by atoms with Crippen molar-refractivity contribution in [3.05, 3.63) is 0 Å². The molecule has 1 fully saturated rings. The highest BCUT2D eigenvalue weighted by Crippen LogP contribution is 2.02. The SMILES string of the molecule is COCC(=O)O[C@@H]1CCNC1. The number of hydrogen-bond donors (Lipinski definition) is 1. The number of rotatable bonds is 3. The predicted octanol–water partition coefficient (Wildman–Crippen LogP) is -0.462. The molecule has 1 N–H and O–H groups in total. The van der Waals surface area contributed by atoms with E-state index in [1.807, 2.05) is 0 Å². The van der Waals surface area contributed by atoms with E-state index in [-0.39, 0.29) is 18.7 Å². The molecule has 4 heteroatoms. The number of esters is 1. The molecular weight excluding hydrogens is 146 g/mol. The summed E-state index contributed by atoms with van der Waals surface area (Å²) in [4.78, 5) is 10.8. The van der Waals surface area contributed by atoms with Crippen molar-refractivity contribution in [3.8, 4) is 0 Å². The first-order valence-electron chi connectivity index (χ1n) is 3.72. The Hall–Kier alpha value is -0.610. The highest BCUT2D eigenvalue weighted by atomic mass is 16.6. The fourth-order valence-corrected chi connectivity index (χ4v) is 1.07. The second kappa shape index (κ2) is 4.31. The van der Waals surface area contributed by atoms with Crippen LogP contribution in [0.2, 0.25) is 0 Å². The zero-order valence-electron chi connectivity index (χ0n) is 6.63. The van der Waals surface area contributed by atoms with Gasteiger partial charge in [0, 0.05) is 13.7 Å². The lowest BCUT2D eigenvalue weighted by atomic mass is 10.3. The third-order valence-corrected chi connectivity index (χ3v) is 1.58. The molecule has 1 heterocycles. The lowest BCUT2D eigenvalue weighted by Gasteiger charge is -2.09. The maximum atomic E-state index is 10.8. The molecule has 4 nitrogen and oxygen atoms in total. The molecule has 11 heavy (non-hydrogen) atoms. The summed E-state index contributed by atoms with van der Waals surface area (Å²) in [5.74, 6) is -0.277. The largest absolute Gasteiger partial charge is 0.459 e. The zero-order valence-corrected chi connectivity index (χ0v) is 6.63. The molecule has 0 aromatic rings. The summed E-state index contributed by atoms with van der Waals surface area (Å²) in [6.45, 7) is 1.76. The Morgan fingerprint density at radius 2 is 2.55 bits per heavy atom. The van der Waals surface area contributed by atoms with Gasteiger partial charge in [-0.15, -0.1) is 0 Å². The lowest BCUT2D eigenvalue weighted by Crippen LogP contribution is -2.23. The normalized spacial score (nSPS) is 23.5. The summed E-state index contributed by atoms with van der Waals surface area (Å²) in [5.41, 5.74) is 0. The van der Waals surface area contributed by atoms with Gasteiger partial charge in [-0.1, -0.05) is 0 Å². The molecule has 0 spiro atoms. The molecule has 0 saturated carbocycles. The van der Waals surface area contributed by atoms with Crippen LogP contribution < -0.4 is 5.32 Å². The summed E-state index contributed by atoms with van der Waals surface area (Å²) in [5, 5.41) is 3.10. The zero-order chi connectivity index (χ0) is 8.10. The van der Waals surface area contributed by atoms with E-state index in [4.69, 9.17) is 4.74 Å². The molecule has 0 radical (unpaired) electrons. The quantitative estimate of drug-likeness (QED) is 0.566. The Labute approximate surface area is 65.9 Å². The second-order valence-electron chi connectivity index (χ2n) is 2.54. The van der Waals surface area contributed by atoms with E-state index < -0.39 is 0 Å². The van der Waals surface area contributed by atoms with Gasteiger partial charge in [0.05, 0.1) is 0 Å². The maximum absolute atomic E-state index is 10.8. The summed E-state index contributed by atoms with van der Waals surface area (Å²) in [6, 6.07) is 0. The third-order valence-electron chi connectivity index (χ3n) is 1.58. The number of carbonyl (C=O) groups is 1. The fraction of sp³-hybridized carbons (Fsp3) is 0.857. The van der Waals surface area contributed by atoms with Crippen LogP contribution in [-0.4, -0.2) is 38.9 Å².